The van der Waals surface area contributed by atoms with Gasteiger partial charge in [-0.2, -0.15) is 10.1 Å². The Kier molecular flexibility index (Phi) is 4.50. The van der Waals surface area contributed by atoms with E-state index < -0.39 is 6.10 Å². The van der Waals surface area contributed by atoms with Crippen LogP contribution >= 0.6 is 0 Å². The Morgan fingerprint density at radius 3 is 2.67 bits per heavy atom. The Bertz CT molecular complexity index is 1370. The summed E-state index contributed by atoms with van der Waals surface area (Å²) in [5.41, 5.74) is 4.89. The third kappa shape index (κ3) is 3.02. The summed E-state index contributed by atoms with van der Waals surface area (Å²) in [6.07, 6.45) is 4.78. The Morgan fingerprint density at radius 1 is 0.970 bits per heavy atom. The highest BCUT2D eigenvalue weighted by Gasteiger charge is 2.41. The average molecular weight is 439 g/mol. The van der Waals surface area contributed by atoms with E-state index in [9.17, 15) is 0 Å². The van der Waals surface area contributed by atoms with E-state index in [-0.39, 0.29) is 6.04 Å². The fourth-order valence-electron chi connectivity index (χ4n) is 4.57. The van der Waals surface area contributed by atoms with Crippen LogP contribution in [0.1, 0.15) is 28.8 Å². The van der Waals surface area contributed by atoms with Gasteiger partial charge in [-0.25, -0.2) is 4.68 Å². The Morgan fingerprint density at radius 2 is 1.85 bits per heavy atom. The maximum atomic E-state index is 6.63. The summed E-state index contributed by atoms with van der Waals surface area (Å²) in [6, 6.07) is 17.6. The van der Waals surface area contributed by atoms with Gasteiger partial charge in [0, 0.05) is 29.1 Å². The van der Waals surface area contributed by atoms with E-state index in [1.54, 1.807) is 26.7 Å². The fraction of sp³-hybridized carbons (Fsp3) is 0.160. The van der Waals surface area contributed by atoms with Crippen LogP contribution in [0, 0.1) is 0 Å². The highest BCUT2D eigenvalue weighted by Crippen LogP contribution is 2.51. The average Bonchev–Trinajstić information content (AvgIpc) is 3.35. The summed E-state index contributed by atoms with van der Waals surface area (Å²) in [5.74, 6) is 2.77. The predicted octanol–water partition coefficient (Wildman–Crippen LogP) is 4.25. The van der Waals surface area contributed by atoms with Crippen LogP contribution in [0.4, 0.5) is 5.95 Å². The molecule has 4 aromatic rings. The van der Waals surface area contributed by atoms with Crippen molar-refractivity contribution < 1.29 is 14.2 Å². The number of benzene rings is 2. The summed E-state index contributed by atoms with van der Waals surface area (Å²) < 4.78 is 19.5. The van der Waals surface area contributed by atoms with Gasteiger partial charge in [-0.1, -0.05) is 24.3 Å². The molecule has 6 rings (SSSR count). The molecule has 164 valence electrons. The highest BCUT2D eigenvalue weighted by molar-refractivity contribution is 5.85. The van der Waals surface area contributed by atoms with Gasteiger partial charge in [-0.3, -0.25) is 4.98 Å². The number of nitrogens with one attached hydrogen (secondary N) is 1. The number of methoxy groups -OCH3 is 2. The Balaban J connectivity index is 1.60. The Hall–Kier alpha value is -4.33. The van der Waals surface area contributed by atoms with Crippen molar-refractivity contribution >= 4 is 11.6 Å². The number of aromatic nitrogens is 4. The first-order chi connectivity index (χ1) is 16.3. The molecule has 1 N–H and O–H groups in total. The number of fused-ring (bicyclic) bond motifs is 3. The molecule has 0 unspecified atom stereocenters. The van der Waals surface area contributed by atoms with Gasteiger partial charge in [0.1, 0.15) is 24.2 Å². The lowest BCUT2D eigenvalue weighted by Crippen LogP contribution is -2.32. The van der Waals surface area contributed by atoms with Crippen molar-refractivity contribution in [2.45, 2.75) is 12.1 Å². The zero-order valence-corrected chi connectivity index (χ0v) is 18.1. The van der Waals surface area contributed by atoms with Gasteiger partial charge in [0.15, 0.2) is 11.5 Å². The number of ether oxygens (including phenoxy) is 3. The van der Waals surface area contributed by atoms with Crippen molar-refractivity contribution in [3.05, 3.63) is 95.6 Å². The lowest BCUT2D eigenvalue weighted by atomic mass is 9.85. The van der Waals surface area contributed by atoms with Crippen LogP contribution in [0.5, 0.6) is 17.2 Å². The van der Waals surface area contributed by atoms with Crippen LogP contribution in [0.25, 0.3) is 5.70 Å². The van der Waals surface area contributed by atoms with Crippen molar-refractivity contribution in [1.82, 2.24) is 19.7 Å². The van der Waals surface area contributed by atoms with Crippen molar-refractivity contribution in [3.63, 3.8) is 0 Å². The highest BCUT2D eigenvalue weighted by atomic mass is 16.5. The lowest BCUT2D eigenvalue weighted by molar-refractivity contribution is 0.222. The number of nitrogens with zero attached hydrogens (tertiary/aromatic N) is 4. The molecular weight excluding hydrogens is 418 g/mol. The SMILES string of the molecule is COc1ccc([C@H]2Oc3ccccc3C3=C2[C@H](c2cccnc2)n2ncnc2N3)cc1OC. The number of anilines is 1. The lowest BCUT2D eigenvalue weighted by Gasteiger charge is -2.38. The van der Waals surface area contributed by atoms with E-state index in [1.165, 1.54) is 0 Å². The smallest absolute Gasteiger partial charge is 0.226 e. The Labute approximate surface area is 190 Å². The zero-order valence-electron chi connectivity index (χ0n) is 18.1. The maximum Gasteiger partial charge on any atom is 0.226 e. The molecule has 0 spiro atoms. The van der Waals surface area contributed by atoms with E-state index in [4.69, 9.17) is 14.2 Å². The van der Waals surface area contributed by atoms with E-state index in [1.807, 2.05) is 59.4 Å². The van der Waals surface area contributed by atoms with Gasteiger partial charge in [0.05, 0.1) is 19.9 Å². The number of pyridine rings is 1. The standard InChI is InChI=1S/C25H21N5O3/c1-31-19-10-9-15(12-20(19)32-2)24-21-22(17-7-3-4-8-18(17)33-24)29-25-27-14-28-30(25)23(21)16-6-5-11-26-13-16/h3-14,23-24H,1-2H3,(H,27,28,29)/t23-,24+/m0/s1. The molecule has 0 bridgehead atoms. The van der Waals surface area contributed by atoms with Gasteiger partial charge in [0.25, 0.3) is 0 Å². The van der Waals surface area contributed by atoms with Crippen molar-refractivity contribution in [1.29, 1.82) is 0 Å². The van der Waals surface area contributed by atoms with Crippen LogP contribution in [0.3, 0.4) is 0 Å². The van der Waals surface area contributed by atoms with Crippen LogP contribution in [0.2, 0.25) is 0 Å². The van der Waals surface area contributed by atoms with Crippen molar-refractivity contribution in [3.8, 4) is 17.2 Å². The molecule has 0 aliphatic carbocycles. The molecule has 0 radical (unpaired) electrons. The van der Waals surface area contributed by atoms with E-state index >= 15 is 0 Å². The summed E-state index contributed by atoms with van der Waals surface area (Å²) in [5, 5.41) is 8.03. The molecule has 0 saturated heterocycles. The van der Waals surface area contributed by atoms with Gasteiger partial charge in [0.2, 0.25) is 5.95 Å². The minimum atomic E-state index is -0.398. The molecule has 2 atom stereocenters. The molecule has 8 heteroatoms. The van der Waals surface area contributed by atoms with Gasteiger partial charge in [-0.05, 0) is 35.9 Å². The molecule has 4 heterocycles. The largest absolute Gasteiger partial charge is 0.493 e. The van der Waals surface area contributed by atoms with Crippen LogP contribution in [-0.2, 0) is 0 Å². The minimum Gasteiger partial charge on any atom is -0.493 e. The summed E-state index contributed by atoms with van der Waals surface area (Å²) >= 11 is 0. The first-order valence-corrected chi connectivity index (χ1v) is 10.6. The summed E-state index contributed by atoms with van der Waals surface area (Å²) in [6.45, 7) is 0. The molecule has 0 amide bonds. The molecule has 33 heavy (non-hydrogen) atoms. The van der Waals surface area contributed by atoms with Gasteiger partial charge >= 0.3 is 0 Å². The molecule has 0 saturated carbocycles. The van der Waals surface area contributed by atoms with Gasteiger partial charge < -0.3 is 19.5 Å². The number of rotatable bonds is 4. The first kappa shape index (κ1) is 19.4. The van der Waals surface area contributed by atoms with Crippen LogP contribution in [-0.4, -0.2) is 34.0 Å². The second-order valence-electron chi connectivity index (χ2n) is 7.78. The van der Waals surface area contributed by atoms with Gasteiger partial charge in [-0.15, -0.1) is 0 Å². The van der Waals surface area contributed by atoms with Crippen LogP contribution < -0.4 is 19.5 Å². The third-order valence-corrected chi connectivity index (χ3v) is 6.03. The molecular formula is C25H21N5O3. The number of hydrogen-bond donors (Lipinski definition) is 1. The number of para-hydroxylation sites is 1. The molecule has 2 aromatic carbocycles. The van der Waals surface area contributed by atoms with Crippen molar-refractivity contribution in [2.24, 2.45) is 0 Å². The fourth-order valence-corrected chi connectivity index (χ4v) is 4.57. The summed E-state index contributed by atoms with van der Waals surface area (Å²) in [7, 11) is 3.26. The quantitative estimate of drug-likeness (QED) is 0.509. The second-order valence-corrected chi connectivity index (χ2v) is 7.78. The molecule has 2 aliphatic heterocycles. The molecule has 0 fully saturated rings. The summed E-state index contributed by atoms with van der Waals surface area (Å²) in [4.78, 5) is 8.82. The van der Waals surface area contributed by atoms with E-state index in [0.29, 0.717) is 17.4 Å². The molecule has 2 aliphatic rings. The van der Waals surface area contributed by atoms with Crippen molar-refractivity contribution in [2.75, 3.05) is 19.5 Å². The maximum absolute atomic E-state index is 6.63. The first-order valence-electron chi connectivity index (χ1n) is 10.6. The minimum absolute atomic E-state index is 0.251. The predicted molar refractivity (Wildman–Crippen MR) is 122 cm³/mol. The monoisotopic (exact) mass is 439 g/mol. The zero-order chi connectivity index (χ0) is 22.4. The normalized spacial score (nSPS) is 18.4. The second kappa shape index (κ2) is 7.67. The molecule has 8 nitrogen and oxygen atoms in total. The topological polar surface area (TPSA) is 83.3 Å². The number of hydrogen-bond acceptors (Lipinski definition) is 7. The van der Waals surface area contributed by atoms with E-state index in [0.717, 1.165) is 33.7 Å². The van der Waals surface area contributed by atoms with E-state index in [2.05, 4.69) is 26.4 Å². The third-order valence-electron chi connectivity index (χ3n) is 6.03. The molecule has 2 aromatic heterocycles. The van der Waals surface area contributed by atoms with Crippen LogP contribution in [0.15, 0.2) is 78.9 Å².